The molecule has 0 amide bonds. The zero-order valence-corrected chi connectivity index (χ0v) is 12.6. The minimum absolute atomic E-state index is 0.200. The van der Waals surface area contributed by atoms with Gasteiger partial charge in [-0.3, -0.25) is 4.79 Å². The SMILES string of the molecule is CCOC(=O)[C@H]1C(=N)c2ccccc2C[C@@H]1C1CCCC1. The van der Waals surface area contributed by atoms with E-state index in [-0.39, 0.29) is 17.8 Å². The van der Waals surface area contributed by atoms with Crippen molar-refractivity contribution in [3.63, 3.8) is 0 Å². The molecule has 1 fully saturated rings. The molecular weight excluding hydrogens is 262 g/mol. The maximum atomic E-state index is 12.4. The number of benzene rings is 1. The lowest BCUT2D eigenvalue weighted by molar-refractivity contribution is -0.147. The van der Waals surface area contributed by atoms with Crippen LogP contribution in [0, 0.1) is 23.2 Å². The number of carbonyl (C=O) groups is 1. The summed E-state index contributed by atoms with van der Waals surface area (Å²) in [7, 11) is 0. The first-order chi connectivity index (χ1) is 10.2. The lowest BCUT2D eigenvalue weighted by Gasteiger charge is -2.35. The van der Waals surface area contributed by atoms with Crippen LogP contribution in [0.15, 0.2) is 24.3 Å². The molecule has 1 aromatic carbocycles. The highest BCUT2D eigenvalue weighted by molar-refractivity contribution is 6.12. The maximum absolute atomic E-state index is 12.4. The lowest BCUT2D eigenvalue weighted by atomic mass is 9.68. The van der Waals surface area contributed by atoms with Crippen LogP contribution < -0.4 is 0 Å². The Morgan fingerprint density at radius 3 is 2.71 bits per heavy atom. The zero-order chi connectivity index (χ0) is 14.8. The monoisotopic (exact) mass is 285 g/mol. The van der Waals surface area contributed by atoms with Gasteiger partial charge in [-0.25, -0.2) is 0 Å². The van der Waals surface area contributed by atoms with Crippen LogP contribution in [0.2, 0.25) is 0 Å². The van der Waals surface area contributed by atoms with E-state index in [1.807, 2.05) is 25.1 Å². The van der Waals surface area contributed by atoms with Gasteiger partial charge < -0.3 is 10.1 Å². The Labute approximate surface area is 126 Å². The van der Waals surface area contributed by atoms with Crippen LogP contribution in [0.1, 0.15) is 43.7 Å². The van der Waals surface area contributed by atoms with Crippen molar-refractivity contribution in [3.05, 3.63) is 35.4 Å². The van der Waals surface area contributed by atoms with Crippen LogP contribution in [0.4, 0.5) is 0 Å². The predicted octanol–water partition coefficient (Wildman–Crippen LogP) is 3.60. The van der Waals surface area contributed by atoms with Gasteiger partial charge in [0, 0.05) is 0 Å². The second-order valence-corrected chi connectivity index (χ2v) is 6.21. The van der Waals surface area contributed by atoms with E-state index in [2.05, 4.69) is 6.07 Å². The number of carbonyl (C=O) groups excluding carboxylic acids is 1. The van der Waals surface area contributed by atoms with Gasteiger partial charge in [0.05, 0.1) is 12.3 Å². The fraction of sp³-hybridized carbons (Fsp3) is 0.556. The van der Waals surface area contributed by atoms with Crippen molar-refractivity contribution in [2.45, 2.75) is 39.0 Å². The average molecular weight is 285 g/mol. The highest BCUT2D eigenvalue weighted by Crippen LogP contribution is 2.42. The molecule has 3 nitrogen and oxygen atoms in total. The van der Waals surface area contributed by atoms with E-state index in [9.17, 15) is 4.79 Å². The molecule has 0 saturated heterocycles. The summed E-state index contributed by atoms with van der Waals surface area (Å²) in [4.78, 5) is 12.4. The molecule has 1 saturated carbocycles. The summed E-state index contributed by atoms with van der Waals surface area (Å²) in [6.07, 6.45) is 5.80. The molecule has 0 radical (unpaired) electrons. The molecular formula is C18H23NO2. The summed E-state index contributed by atoms with van der Waals surface area (Å²) >= 11 is 0. The Hall–Kier alpha value is -1.64. The first-order valence-corrected chi connectivity index (χ1v) is 8.05. The summed E-state index contributed by atoms with van der Waals surface area (Å²) in [5, 5.41) is 8.53. The minimum atomic E-state index is -0.372. The normalized spacial score (nSPS) is 25.7. The Bertz CT molecular complexity index is 546. The van der Waals surface area contributed by atoms with Crippen LogP contribution in [-0.2, 0) is 16.0 Å². The Kier molecular flexibility index (Phi) is 4.09. The van der Waals surface area contributed by atoms with Crippen molar-refractivity contribution in [2.24, 2.45) is 17.8 Å². The molecule has 0 aromatic heterocycles. The molecule has 0 heterocycles. The molecule has 0 unspecified atom stereocenters. The van der Waals surface area contributed by atoms with E-state index in [0.717, 1.165) is 12.0 Å². The van der Waals surface area contributed by atoms with E-state index in [4.69, 9.17) is 10.1 Å². The number of hydrogen-bond acceptors (Lipinski definition) is 3. The maximum Gasteiger partial charge on any atom is 0.315 e. The second kappa shape index (κ2) is 6.00. The molecule has 3 heteroatoms. The van der Waals surface area contributed by atoms with Crippen LogP contribution in [0.25, 0.3) is 0 Å². The number of esters is 1. The van der Waals surface area contributed by atoms with Crippen molar-refractivity contribution in [3.8, 4) is 0 Å². The predicted molar refractivity (Wildman–Crippen MR) is 82.5 cm³/mol. The van der Waals surface area contributed by atoms with Gasteiger partial charge >= 0.3 is 5.97 Å². The van der Waals surface area contributed by atoms with Gasteiger partial charge in [-0.1, -0.05) is 49.9 Å². The molecule has 2 aliphatic carbocycles. The highest BCUT2D eigenvalue weighted by atomic mass is 16.5. The van der Waals surface area contributed by atoms with Crippen molar-refractivity contribution >= 4 is 11.7 Å². The Morgan fingerprint density at radius 1 is 1.29 bits per heavy atom. The first kappa shape index (κ1) is 14.3. The standard InChI is InChI=1S/C18H23NO2/c1-2-21-18(20)16-15(12-7-3-4-8-12)11-13-9-5-6-10-14(13)17(16)19/h5-6,9-10,12,15-16,19H,2-4,7-8,11H2,1H3/t15-,16-/m1/s1. The molecule has 1 aromatic rings. The third-order valence-electron chi connectivity index (χ3n) is 5.05. The van der Waals surface area contributed by atoms with Crippen molar-refractivity contribution in [2.75, 3.05) is 6.61 Å². The molecule has 0 bridgehead atoms. The zero-order valence-electron chi connectivity index (χ0n) is 12.6. The van der Waals surface area contributed by atoms with E-state index >= 15 is 0 Å². The number of rotatable bonds is 3. The largest absolute Gasteiger partial charge is 0.465 e. The van der Waals surface area contributed by atoms with Gasteiger partial charge in [0.2, 0.25) is 0 Å². The minimum Gasteiger partial charge on any atom is -0.465 e. The number of hydrogen-bond donors (Lipinski definition) is 1. The molecule has 2 atom stereocenters. The molecule has 112 valence electrons. The van der Waals surface area contributed by atoms with Gasteiger partial charge in [-0.2, -0.15) is 0 Å². The molecule has 0 spiro atoms. The van der Waals surface area contributed by atoms with E-state index in [0.29, 0.717) is 18.2 Å². The Balaban J connectivity index is 1.96. The molecule has 2 aliphatic rings. The van der Waals surface area contributed by atoms with Gasteiger partial charge in [0.15, 0.2) is 0 Å². The van der Waals surface area contributed by atoms with Gasteiger partial charge in [0.25, 0.3) is 0 Å². The van der Waals surface area contributed by atoms with Crippen LogP contribution in [-0.4, -0.2) is 18.3 Å². The fourth-order valence-electron chi connectivity index (χ4n) is 4.06. The Morgan fingerprint density at radius 2 is 2.00 bits per heavy atom. The lowest BCUT2D eigenvalue weighted by Crippen LogP contribution is -2.41. The van der Waals surface area contributed by atoms with Gasteiger partial charge in [0.1, 0.15) is 5.92 Å². The highest BCUT2D eigenvalue weighted by Gasteiger charge is 2.42. The van der Waals surface area contributed by atoms with Crippen LogP contribution >= 0.6 is 0 Å². The smallest absolute Gasteiger partial charge is 0.315 e. The van der Waals surface area contributed by atoms with Gasteiger partial charge in [-0.05, 0) is 36.3 Å². The number of ether oxygens (including phenoxy) is 1. The van der Waals surface area contributed by atoms with Crippen molar-refractivity contribution < 1.29 is 9.53 Å². The van der Waals surface area contributed by atoms with E-state index in [1.165, 1.54) is 31.2 Å². The summed E-state index contributed by atoms with van der Waals surface area (Å²) in [6.45, 7) is 2.23. The second-order valence-electron chi connectivity index (χ2n) is 6.21. The van der Waals surface area contributed by atoms with Crippen molar-refractivity contribution in [1.29, 1.82) is 5.41 Å². The fourth-order valence-corrected chi connectivity index (χ4v) is 4.06. The summed E-state index contributed by atoms with van der Waals surface area (Å²) < 4.78 is 5.28. The third kappa shape index (κ3) is 2.61. The van der Waals surface area contributed by atoms with E-state index < -0.39 is 0 Å². The third-order valence-corrected chi connectivity index (χ3v) is 5.05. The first-order valence-electron chi connectivity index (χ1n) is 8.05. The summed E-state index contributed by atoms with van der Waals surface area (Å²) in [5.41, 5.74) is 2.62. The number of fused-ring (bicyclic) bond motifs is 1. The topological polar surface area (TPSA) is 50.2 Å². The van der Waals surface area contributed by atoms with Crippen LogP contribution in [0.5, 0.6) is 0 Å². The quantitative estimate of drug-likeness (QED) is 0.863. The van der Waals surface area contributed by atoms with Gasteiger partial charge in [-0.15, -0.1) is 0 Å². The van der Waals surface area contributed by atoms with Crippen molar-refractivity contribution in [1.82, 2.24) is 0 Å². The molecule has 21 heavy (non-hydrogen) atoms. The summed E-state index contributed by atoms with van der Waals surface area (Å²) in [6, 6.07) is 8.05. The summed E-state index contributed by atoms with van der Waals surface area (Å²) in [5.74, 6) is 0.235. The average Bonchev–Trinajstić information content (AvgIpc) is 3.01. The number of nitrogens with one attached hydrogen (secondary N) is 1. The molecule has 1 N–H and O–H groups in total. The molecule has 3 rings (SSSR count). The van der Waals surface area contributed by atoms with E-state index in [1.54, 1.807) is 0 Å². The van der Waals surface area contributed by atoms with Crippen LogP contribution in [0.3, 0.4) is 0 Å². The molecule has 0 aliphatic heterocycles.